The van der Waals surface area contributed by atoms with Crippen LogP contribution in [-0.4, -0.2) is 41.5 Å². The first kappa shape index (κ1) is 21.5. The maximum Gasteiger partial charge on any atom is 0.226 e. The summed E-state index contributed by atoms with van der Waals surface area (Å²) < 4.78 is 11.2. The molecule has 2 amide bonds. The molecule has 33 heavy (non-hydrogen) atoms. The summed E-state index contributed by atoms with van der Waals surface area (Å²) in [4.78, 5) is 30.7. The van der Waals surface area contributed by atoms with E-state index in [-0.39, 0.29) is 18.2 Å². The van der Waals surface area contributed by atoms with E-state index in [1.165, 1.54) is 11.3 Å². The second kappa shape index (κ2) is 9.62. The van der Waals surface area contributed by atoms with Crippen molar-refractivity contribution < 1.29 is 19.1 Å². The Morgan fingerprint density at radius 1 is 1.06 bits per heavy atom. The van der Waals surface area contributed by atoms with Crippen molar-refractivity contribution in [3.05, 3.63) is 64.7 Å². The van der Waals surface area contributed by atoms with Gasteiger partial charge >= 0.3 is 0 Å². The number of ether oxygens (including phenoxy) is 2. The molecule has 0 saturated carbocycles. The van der Waals surface area contributed by atoms with Crippen LogP contribution in [0.2, 0.25) is 0 Å². The Balaban J connectivity index is 1.13. The first-order valence-corrected chi connectivity index (χ1v) is 12.0. The van der Waals surface area contributed by atoms with Crippen molar-refractivity contribution in [1.82, 2.24) is 15.2 Å². The quantitative estimate of drug-likeness (QED) is 0.580. The molecule has 1 aromatic heterocycles. The summed E-state index contributed by atoms with van der Waals surface area (Å²) >= 11 is 1.51. The molecule has 0 bridgehead atoms. The minimum absolute atomic E-state index is 0.0687. The fraction of sp³-hybridized carbons (Fsp3) is 0.320. The number of aromatic nitrogens is 1. The van der Waals surface area contributed by atoms with Crippen LogP contribution in [0.3, 0.4) is 0 Å². The fourth-order valence-corrected chi connectivity index (χ4v) is 4.80. The van der Waals surface area contributed by atoms with E-state index in [1.54, 1.807) is 0 Å². The summed E-state index contributed by atoms with van der Waals surface area (Å²) in [5.41, 5.74) is 3.82. The molecule has 1 fully saturated rings. The minimum Gasteiger partial charge on any atom is -0.486 e. The van der Waals surface area contributed by atoms with Crippen molar-refractivity contribution in [2.45, 2.75) is 32.4 Å². The van der Waals surface area contributed by atoms with E-state index in [4.69, 9.17) is 9.47 Å². The molecule has 1 saturated heterocycles. The maximum atomic E-state index is 12.4. The molecule has 0 aliphatic carbocycles. The van der Waals surface area contributed by atoms with E-state index in [9.17, 15) is 9.59 Å². The Morgan fingerprint density at radius 3 is 2.64 bits per heavy atom. The molecule has 0 unspecified atom stereocenters. The molecule has 0 radical (unpaired) electrons. The molecule has 0 spiro atoms. The normalized spacial score (nSPS) is 15.0. The Bertz CT molecular complexity index is 1160. The SMILES string of the molecule is O=C(Cc1csc(-c2ccc3c(c2)OCCO3)n1)NCc1ccc(CN2CCCC2=O)cc1. The summed E-state index contributed by atoms with van der Waals surface area (Å²) in [5, 5.41) is 5.73. The van der Waals surface area contributed by atoms with Gasteiger partial charge in [0.15, 0.2) is 11.5 Å². The average Bonchev–Trinajstić information content (AvgIpc) is 3.47. The monoisotopic (exact) mass is 463 g/mol. The zero-order valence-corrected chi connectivity index (χ0v) is 19.0. The first-order valence-electron chi connectivity index (χ1n) is 11.1. The van der Waals surface area contributed by atoms with E-state index in [0.29, 0.717) is 32.7 Å². The highest BCUT2D eigenvalue weighted by Crippen LogP contribution is 2.35. The second-order valence-electron chi connectivity index (χ2n) is 8.19. The highest BCUT2D eigenvalue weighted by Gasteiger charge is 2.20. The number of amides is 2. The van der Waals surface area contributed by atoms with Gasteiger partial charge in [-0.05, 0) is 35.7 Å². The van der Waals surface area contributed by atoms with Crippen molar-refractivity contribution in [2.75, 3.05) is 19.8 Å². The highest BCUT2D eigenvalue weighted by atomic mass is 32.1. The number of fused-ring (bicyclic) bond motifs is 1. The summed E-state index contributed by atoms with van der Waals surface area (Å²) in [7, 11) is 0. The van der Waals surface area contributed by atoms with Gasteiger partial charge in [0.25, 0.3) is 0 Å². The van der Waals surface area contributed by atoms with Crippen LogP contribution in [0.25, 0.3) is 10.6 Å². The number of hydrogen-bond donors (Lipinski definition) is 1. The molecule has 8 heteroatoms. The van der Waals surface area contributed by atoms with Crippen LogP contribution in [0, 0.1) is 0 Å². The van der Waals surface area contributed by atoms with Crippen molar-refractivity contribution in [3.8, 4) is 22.1 Å². The lowest BCUT2D eigenvalue weighted by Crippen LogP contribution is -2.25. The zero-order chi connectivity index (χ0) is 22.6. The number of nitrogens with zero attached hydrogens (tertiary/aromatic N) is 2. The molecule has 2 aromatic carbocycles. The molecule has 2 aliphatic heterocycles. The lowest BCUT2D eigenvalue weighted by molar-refractivity contribution is -0.128. The van der Waals surface area contributed by atoms with Gasteiger partial charge in [0.1, 0.15) is 18.2 Å². The topological polar surface area (TPSA) is 80.8 Å². The molecule has 3 aromatic rings. The number of rotatable bonds is 7. The zero-order valence-electron chi connectivity index (χ0n) is 18.2. The van der Waals surface area contributed by atoms with Crippen molar-refractivity contribution >= 4 is 23.2 Å². The van der Waals surface area contributed by atoms with Crippen molar-refractivity contribution in [1.29, 1.82) is 0 Å². The number of likely N-dealkylation sites (tertiary alicyclic amines) is 1. The number of hydrogen-bond acceptors (Lipinski definition) is 6. The molecule has 170 valence electrons. The predicted octanol–water partition coefficient (Wildman–Crippen LogP) is 3.56. The van der Waals surface area contributed by atoms with Gasteiger partial charge in [0, 0.05) is 37.0 Å². The van der Waals surface area contributed by atoms with Crippen LogP contribution in [0.1, 0.15) is 29.7 Å². The van der Waals surface area contributed by atoms with E-state index < -0.39 is 0 Å². The van der Waals surface area contributed by atoms with Gasteiger partial charge in [-0.25, -0.2) is 4.98 Å². The molecule has 5 rings (SSSR count). The van der Waals surface area contributed by atoms with Gasteiger partial charge in [-0.3, -0.25) is 9.59 Å². The van der Waals surface area contributed by atoms with Crippen molar-refractivity contribution in [3.63, 3.8) is 0 Å². The summed E-state index contributed by atoms with van der Waals surface area (Å²) in [5.74, 6) is 1.64. The minimum atomic E-state index is -0.0687. The number of nitrogens with one attached hydrogen (secondary N) is 1. The smallest absolute Gasteiger partial charge is 0.226 e. The summed E-state index contributed by atoms with van der Waals surface area (Å²) in [6, 6.07) is 13.8. The third kappa shape index (κ3) is 5.17. The highest BCUT2D eigenvalue weighted by molar-refractivity contribution is 7.13. The maximum absolute atomic E-state index is 12.4. The third-order valence-corrected chi connectivity index (χ3v) is 6.68. The number of benzene rings is 2. The molecule has 3 heterocycles. The van der Waals surface area contributed by atoms with E-state index >= 15 is 0 Å². The Kier molecular flexibility index (Phi) is 6.26. The first-order chi connectivity index (χ1) is 16.1. The van der Waals surface area contributed by atoms with Gasteiger partial charge < -0.3 is 19.7 Å². The lowest BCUT2D eigenvalue weighted by atomic mass is 10.1. The lowest BCUT2D eigenvalue weighted by Gasteiger charge is -2.18. The Hall–Kier alpha value is -3.39. The fourth-order valence-electron chi connectivity index (χ4n) is 3.98. The molecular formula is C25H25N3O4S. The van der Waals surface area contributed by atoms with Crippen LogP contribution in [-0.2, 0) is 29.1 Å². The second-order valence-corrected chi connectivity index (χ2v) is 9.05. The number of carbonyl (C=O) groups is 2. The van der Waals surface area contributed by atoms with Crippen LogP contribution in [0.4, 0.5) is 0 Å². The standard InChI is InChI=1S/C25H25N3O4S/c29-23(26-14-17-3-5-18(6-4-17)15-28-9-1-2-24(28)30)13-20-16-33-25(27-20)19-7-8-21-22(12-19)32-11-10-31-21/h3-8,12,16H,1-2,9-11,13-15H2,(H,26,29). The van der Waals surface area contributed by atoms with Gasteiger partial charge in [-0.2, -0.15) is 0 Å². The largest absolute Gasteiger partial charge is 0.486 e. The molecule has 2 aliphatic rings. The van der Waals surface area contributed by atoms with Crippen molar-refractivity contribution in [2.24, 2.45) is 0 Å². The molecule has 0 atom stereocenters. The molecular weight excluding hydrogens is 438 g/mol. The van der Waals surface area contributed by atoms with E-state index in [1.807, 2.05) is 52.7 Å². The van der Waals surface area contributed by atoms with Crippen LogP contribution in [0.5, 0.6) is 11.5 Å². The van der Waals surface area contributed by atoms with Gasteiger partial charge in [-0.1, -0.05) is 24.3 Å². The summed E-state index contributed by atoms with van der Waals surface area (Å²) in [6.45, 7) is 3.05. The Morgan fingerprint density at radius 2 is 1.85 bits per heavy atom. The van der Waals surface area contributed by atoms with Gasteiger partial charge in [0.2, 0.25) is 11.8 Å². The average molecular weight is 464 g/mol. The van der Waals surface area contributed by atoms with E-state index in [2.05, 4.69) is 10.3 Å². The van der Waals surface area contributed by atoms with Gasteiger partial charge in [-0.15, -0.1) is 11.3 Å². The Labute approximate surface area is 196 Å². The van der Waals surface area contributed by atoms with Crippen LogP contribution < -0.4 is 14.8 Å². The number of carbonyl (C=O) groups excluding carboxylic acids is 2. The predicted molar refractivity (Wildman–Crippen MR) is 125 cm³/mol. The third-order valence-electron chi connectivity index (χ3n) is 5.74. The molecule has 1 N–H and O–H groups in total. The van der Waals surface area contributed by atoms with E-state index in [0.717, 1.165) is 51.9 Å². The van der Waals surface area contributed by atoms with Crippen LogP contribution in [0.15, 0.2) is 47.8 Å². The van der Waals surface area contributed by atoms with Crippen LogP contribution >= 0.6 is 11.3 Å². The molecule has 7 nitrogen and oxygen atoms in total. The number of thiazole rings is 1. The summed E-state index contributed by atoms with van der Waals surface area (Å²) in [6.07, 6.45) is 1.83. The van der Waals surface area contributed by atoms with Gasteiger partial charge in [0.05, 0.1) is 12.1 Å².